The lowest BCUT2D eigenvalue weighted by molar-refractivity contribution is -0.137. The van der Waals surface area contributed by atoms with Crippen LogP contribution in [-0.2, 0) is 19.0 Å². The monoisotopic (exact) mass is 415 g/mol. The summed E-state index contributed by atoms with van der Waals surface area (Å²) < 4.78 is 38.9. The molecule has 4 heteroatoms. The fourth-order valence-electron chi connectivity index (χ4n) is 4.07. The fraction of sp³-hybridized carbons (Fsp3) is 0.462. The quantitative estimate of drug-likeness (QED) is 0.417. The van der Waals surface area contributed by atoms with Gasteiger partial charge in [-0.15, -0.1) is 0 Å². The van der Waals surface area contributed by atoms with Crippen LogP contribution in [0.1, 0.15) is 60.4 Å². The first-order chi connectivity index (χ1) is 14.4. The number of nitrogens with zero attached hydrogens (tertiary/aromatic N) is 1. The molecule has 2 aromatic rings. The normalized spacial score (nSPS) is 15.3. The Morgan fingerprint density at radius 2 is 1.83 bits per heavy atom. The second kappa shape index (κ2) is 10.3. The molecule has 0 atom stereocenters. The minimum absolute atomic E-state index is 0.572. The molecule has 0 radical (unpaired) electrons. The molecule has 0 bridgehead atoms. The number of rotatable bonds is 8. The van der Waals surface area contributed by atoms with Gasteiger partial charge in [0.05, 0.1) is 5.56 Å². The summed E-state index contributed by atoms with van der Waals surface area (Å²) in [5, 5.41) is 0. The van der Waals surface area contributed by atoms with Gasteiger partial charge in [0.2, 0.25) is 0 Å². The molecule has 1 aliphatic heterocycles. The molecule has 0 aliphatic carbocycles. The summed E-state index contributed by atoms with van der Waals surface area (Å²) in [6.45, 7) is 7.08. The molecule has 0 amide bonds. The van der Waals surface area contributed by atoms with Crippen LogP contribution in [0.5, 0.6) is 0 Å². The van der Waals surface area contributed by atoms with Gasteiger partial charge in [-0.3, -0.25) is 4.90 Å². The minimum Gasteiger partial charge on any atom is -0.299 e. The van der Waals surface area contributed by atoms with Gasteiger partial charge in [0.1, 0.15) is 0 Å². The van der Waals surface area contributed by atoms with Crippen molar-refractivity contribution in [1.29, 1.82) is 0 Å². The van der Waals surface area contributed by atoms with E-state index in [1.807, 2.05) is 0 Å². The predicted octanol–water partition coefficient (Wildman–Crippen LogP) is 7.08. The summed E-state index contributed by atoms with van der Waals surface area (Å²) in [4.78, 5) is 2.38. The summed E-state index contributed by atoms with van der Waals surface area (Å²) in [6.07, 6.45) is 4.51. The van der Waals surface area contributed by atoms with Crippen LogP contribution in [-0.4, -0.2) is 24.5 Å². The molecule has 0 spiro atoms. The summed E-state index contributed by atoms with van der Waals surface area (Å²) in [5.41, 5.74) is 5.36. The van der Waals surface area contributed by atoms with E-state index in [1.165, 1.54) is 48.1 Å². The van der Waals surface area contributed by atoms with E-state index in [2.05, 4.69) is 43.0 Å². The molecule has 0 N–H and O–H groups in total. The van der Waals surface area contributed by atoms with Crippen molar-refractivity contribution in [2.75, 3.05) is 19.6 Å². The lowest BCUT2D eigenvalue weighted by Gasteiger charge is -2.27. The van der Waals surface area contributed by atoms with Crippen LogP contribution in [0.15, 0.2) is 48.5 Å². The van der Waals surface area contributed by atoms with Crippen LogP contribution >= 0.6 is 0 Å². The molecule has 0 unspecified atom stereocenters. The second-order valence-electron chi connectivity index (χ2n) is 8.33. The highest BCUT2D eigenvalue weighted by Gasteiger charge is 2.30. The topological polar surface area (TPSA) is 3.24 Å². The van der Waals surface area contributed by atoms with Crippen molar-refractivity contribution in [3.8, 4) is 0 Å². The van der Waals surface area contributed by atoms with E-state index in [1.54, 1.807) is 6.07 Å². The second-order valence-corrected chi connectivity index (χ2v) is 8.33. The average Bonchev–Trinajstić information content (AvgIpc) is 2.74. The van der Waals surface area contributed by atoms with Gasteiger partial charge < -0.3 is 0 Å². The van der Waals surface area contributed by atoms with Crippen LogP contribution in [0.4, 0.5) is 13.2 Å². The number of benzene rings is 2. The number of hydrogen-bond donors (Lipinski definition) is 0. The summed E-state index contributed by atoms with van der Waals surface area (Å²) in [6, 6.07) is 12.5. The van der Waals surface area contributed by atoms with Gasteiger partial charge in [-0.05, 0) is 72.6 Å². The highest BCUT2D eigenvalue weighted by atomic mass is 19.4. The van der Waals surface area contributed by atoms with Crippen molar-refractivity contribution < 1.29 is 13.2 Å². The van der Waals surface area contributed by atoms with Crippen LogP contribution < -0.4 is 0 Å². The molecular formula is C26H32F3N. The first-order valence-electron chi connectivity index (χ1n) is 11.0. The van der Waals surface area contributed by atoms with E-state index in [0.29, 0.717) is 5.56 Å². The Bertz CT molecular complexity index is 867. The number of halogens is 3. The highest BCUT2D eigenvalue weighted by molar-refractivity contribution is 5.67. The molecule has 1 aliphatic rings. The zero-order chi connectivity index (χ0) is 21.6. The number of alkyl halides is 3. The molecule has 30 heavy (non-hydrogen) atoms. The van der Waals surface area contributed by atoms with Crippen LogP contribution in [0.25, 0.3) is 5.57 Å². The Morgan fingerprint density at radius 1 is 1.00 bits per heavy atom. The van der Waals surface area contributed by atoms with Crippen LogP contribution in [0.2, 0.25) is 0 Å². The molecule has 0 fully saturated rings. The molecule has 162 valence electrons. The molecule has 2 aromatic carbocycles. The van der Waals surface area contributed by atoms with Crippen molar-refractivity contribution in [2.24, 2.45) is 0 Å². The zero-order valence-corrected chi connectivity index (χ0v) is 18.1. The molecule has 3 rings (SSSR count). The zero-order valence-electron chi connectivity index (χ0n) is 18.1. The van der Waals surface area contributed by atoms with E-state index in [9.17, 15) is 13.2 Å². The molecule has 0 saturated heterocycles. The number of unbranched alkanes of at least 4 members (excludes halogenated alkanes) is 2. The van der Waals surface area contributed by atoms with E-state index in [0.717, 1.165) is 50.5 Å². The molecular weight excluding hydrogens is 383 g/mol. The van der Waals surface area contributed by atoms with Crippen molar-refractivity contribution >= 4 is 5.57 Å². The van der Waals surface area contributed by atoms with Gasteiger partial charge in [-0.25, -0.2) is 0 Å². The summed E-state index contributed by atoms with van der Waals surface area (Å²) >= 11 is 0. The van der Waals surface area contributed by atoms with E-state index in [-0.39, 0.29) is 0 Å². The van der Waals surface area contributed by atoms with Gasteiger partial charge in [0, 0.05) is 19.6 Å². The average molecular weight is 416 g/mol. The molecule has 0 saturated carbocycles. The van der Waals surface area contributed by atoms with E-state index in [4.69, 9.17) is 0 Å². The van der Waals surface area contributed by atoms with Crippen molar-refractivity contribution in [2.45, 2.75) is 58.5 Å². The van der Waals surface area contributed by atoms with Crippen LogP contribution in [0.3, 0.4) is 0 Å². The summed E-state index contributed by atoms with van der Waals surface area (Å²) in [7, 11) is 0. The fourth-order valence-corrected chi connectivity index (χ4v) is 4.07. The summed E-state index contributed by atoms with van der Waals surface area (Å²) in [5.74, 6) is 0. The van der Waals surface area contributed by atoms with E-state index >= 15 is 0 Å². The number of hydrogen-bond acceptors (Lipinski definition) is 1. The van der Waals surface area contributed by atoms with Crippen molar-refractivity contribution in [1.82, 2.24) is 4.90 Å². The standard InChI is InChI=1S/C26H32F3N/c1-3-4-5-7-23-18-21(11-10-20(23)2)12-15-30-16-13-22(14-17-30)24-8-6-9-25(19-24)26(27,28)29/h6,8-11,13,18-19H,3-5,7,12,14-17H2,1-2H3. The SMILES string of the molecule is CCCCCc1cc(CCN2CC=C(c3cccc(C(F)(F)F)c3)CC2)ccc1C. The molecule has 0 aromatic heterocycles. The molecule has 1 nitrogen and oxygen atoms in total. The number of aryl methyl sites for hydroxylation is 2. The highest BCUT2D eigenvalue weighted by Crippen LogP contribution is 2.32. The van der Waals surface area contributed by atoms with Crippen LogP contribution in [0, 0.1) is 6.92 Å². The maximum absolute atomic E-state index is 13.0. The van der Waals surface area contributed by atoms with Crippen molar-refractivity contribution in [3.63, 3.8) is 0 Å². The maximum atomic E-state index is 13.0. The third-order valence-electron chi connectivity index (χ3n) is 6.03. The Morgan fingerprint density at radius 3 is 2.53 bits per heavy atom. The molecule has 1 heterocycles. The Balaban J connectivity index is 1.56. The first-order valence-corrected chi connectivity index (χ1v) is 11.0. The third kappa shape index (κ3) is 6.21. The van der Waals surface area contributed by atoms with Crippen molar-refractivity contribution in [3.05, 3.63) is 76.4 Å². The van der Waals surface area contributed by atoms with Gasteiger partial charge in [0.25, 0.3) is 0 Å². The van der Waals surface area contributed by atoms with E-state index < -0.39 is 11.7 Å². The van der Waals surface area contributed by atoms with Gasteiger partial charge >= 0.3 is 6.18 Å². The largest absolute Gasteiger partial charge is 0.416 e. The smallest absolute Gasteiger partial charge is 0.299 e. The minimum atomic E-state index is -4.29. The maximum Gasteiger partial charge on any atom is 0.416 e. The predicted molar refractivity (Wildman–Crippen MR) is 119 cm³/mol. The lowest BCUT2D eigenvalue weighted by atomic mass is 9.96. The Kier molecular flexibility index (Phi) is 7.76. The lowest BCUT2D eigenvalue weighted by Crippen LogP contribution is -2.30. The third-order valence-corrected chi connectivity index (χ3v) is 6.03. The first kappa shape index (κ1) is 22.6. The Labute approximate surface area is 178 Å². The Hall–Kier alpha value is -2.07. The van der Waals surface area contributed by atoms with Gasteiger partial charge in [-0.2, -0.15) is 13.2 Å². The van der Waals surface area contributed by atoms with Gasteiger partial charge in [0.15, 0.2) is 0 Å². The van der Waals surface area contributed by atoms with Gasteiger partial charge in [-0.1, -0.05) is 56.2 Å².